The summed E-state index contributed by atoms with van der Waals surface area (Å²) >= 11 is 12.2. The summed E-state index contributed by atoms with van der Waals surface area (Å²) in [7, 11) is 0. The smallest absolute Gasteiger partial charge is 0.142 e. The number of nitriles is 1. The molecule has 0 atom stereocenters. The Balaban J connectivity index is 2.27. The van der Waals surface area contributed by atoms with Gasteiger partial charge in [0.1, 0.15) is 17.5 Å². The van der Waals surface area contributed by atoms with Crippen LogP contribution < -0.4 is 5.73 Å². The number of nitrogen functional groups attached to an aromatic ring is 1. The summed E-state index contributed by atoms with van der Waals surface area (Å²) in [5.74, 6) is 0.299. The summed E-state index contributed by atoms with van der Waals surface area (Å²) in [4.78, 5) is 4.51. The minimum Gasteiger partial charge on any atom is -0.383 e. The Kier molecular flexibility index (Phi) is 4.75. The first-order chi connectivity index (χ1) is 11.1. The van der Waals surface area contributed by atoms with Crippen LogP contribution in [-0.4, -0.2) is 4.98 Å². The van der Waals surface area contributed by atoms with E-state index in [0.717, 1.165) is 48.1 Å². The third kappa shape index (κ3) is 3.15. The lowest BCUT2D eigenvalue weighted by Crippen LogP contribution is -2.10. The van der Waals surface area contributed by atoms with Crippen molar-refractivity contribution in [3.05, 3.63) is 45.1 Å². The van der Waals surface area contributed by atoms with Crippen molar-refractivity contribution >= 4 is 29.0 Å². The highest BCUT2D eigenvalue weighted by atomic mass is 35.5. The van der Waals surface area contributed by atoms with Gasteiger partial charge in [0, 0.05) is 11.3 Å². The fourth-order valence-electron chi connectivity index (χ4n) is 3.20. The number of benzene rings is 1. The SMILES string of the molecule is N#Cc1c(N)nc2c(c1-c1ccc(Cl)c(Cl)c1)CCCCCC2. The Hall–Kier alpha value is -1.76. The third-order valence-corrected chi connectivity index (χ3v) is 5.06. The molecule has 0 fully saturated rings. The molecule has 5 heteroatoms. The molecule has 0 saturated carbocycles. The van der Waals surface area contributed by atoms with Crippen molar-refractivity contribution in [3.8, 4) is 17.2 Å². The van der Waals surface area contributed by atoms with Crippen molar-refractivity contribution < 1.29 is 0 Å². The van der Waals surface area contributed by atoms with Gasteiger partial charge in [0.05, 0.1) is 10.0 Å². The molecule has 3 nitrogen and oxygen atoms in total. The molecule has 0 bridgehead atoms. The molecule has 0 aliphatic heterocycles. The van der Waals surface area contributed by atoms with Crippen LogP contribution in [0.25, 0.3) is 11.1 Å². The molecule has 118 valence electrons. The minimum atomic E-state index is 0.299. The maximum absolute atomic E-state index is 9.58. The number of halogens is 2. The molecular weight excluding hydrogens is 329 g/mol. The Morgan fingerprint density at radius 2 is 1.78 bits per heavy atom. The fraction of sp³-hybridized carbons (Fsp3) is 0.333. The minimum absolute atomic E-state index is 0.299. The Bertz CT molecular complexity index is 794. The molecule has 1 aliphatic rings. The topological polar surface area (TPSA) is 62.7 Å². The van der Waals surface area contributed by atoms with Crippen molar-refractivity contribution in [2.24, 2.45) is 0 Å². The summed E-state index contributed by atoms with van der Waals surface area (Å²) in [6.45, 7) is 0. The van der Waals surface area contributed by atoms with Crippen LogP contribution in [0.2, 0.25) is 10.0 Å². The van der Waals surface area contributed by atoms with Crippen LogP contribution in [0.1, 0.15) is 42.5 Å². The quantitative estimate of drug-likeness (QED) is 0.775. The number of nitrogens with two attached hydrogens (primary N) is 1. The maximum atomic E-state index is 9.58. The summed E-state index contributed by atoms with van der Waals surface area (Å²) in [6, 6.07) is 7.67. The van der Waals surface area contributed by atoms with Gasteiger partial charge in [0.25, 0.3) is 0 Å². The number of anilines is 1. The third-order valence-electron chi connectivity index (χ3n) is 4.32. The summed E-state index contributed by atoms with van der Waals surface area (Å²) in [5.41, 5.74) is 10.4. The molecule has 2 N–H and O–H groups in total. The molecule has 1 aliphatic carbocycles. The van der Waals surface area contributed by atoms with E-state index in [1.165, 1.54) is 12.8 Å². The van der Waals surface area contributed by atoms with Gasteiger partial charge in [-0.2, -0.15) is 5.26 Å². The van der Waals surface area contributed by atoms with Crippen molar-refractivity contribution in [3.63, 3.8) is 0 Å². The first-order valence-corrected chi connectivity index (χ1v) is 8.54. The number of aromatic nitrogens is 1. The second-order valence-electron chi connectivity index (χ2n) is 5.83. The van der Waals surface area contributed by atoms with E-state index in [-0.39, 0.29) is 0 Å². The first-order valence-electron chi connectivity index (χ1n) is 7.78. The average molecular weight is 346 g/mol. The molecule has 0 spiro atoms. The molecule has 23 heavy (non-hydrogen) atoms. The van der Waals surface area contributed by atoms with E-state index in [1.807, 2.05) is 6.07 Å². The Morgan fingerprint density at radius 1 is 1.04 bits per heavy atom. The number of aryl methyl sites for hydroxylation is 1. The molecule has 2 aromatic rings. The highest BCUT2D eigenvalue weighted by molar-refractivity contribution is 6.42. The lowest BCUT2D eigenvalue weighted by Gasteiger charge is -2.20. The molecule has 1 heterocycles. The number of fused-ring (bicyclic) bond motifs is 1. The zero-order valence-electron chi connectivity index (χ0n) is 12.7. The van der Waals surface area contributed by atoms with Gasteiger partial charge in [0.2, 0.25) is 0 Å². The number of pyridine rings is 1. The number of rotatable bonds is 1. The van der Waals surface area contributed by atoms with Gasteiger partial charge in [-0.1, -0.05) is 42.1 Å². The molecule has 3 rings (SSSR count). The van der Waals surface area contributed by atoms with E-state index in [2.05, 4.69) is 11.1 Å². The lowest BCUT2D eigenvalue weighted by atomic mass is 9.88. The Morgan fingerprint density at radius 3 is 2.48 bits per heavy atom. The molecule has 0 unspecified atom stereocenters. The zero-order valence-corrected chi connectivity index (χ0v) is 14.2. The number of hydrogen-bond acceptors (Lipinski definition) is 3. The fourth-order valence-corrected chi connectivity index (χ4v) is 3.50. The van der Waals surface area contributed by atoms with Crippen LogP contribution in [0.15, 0.2) is 18.2 Å². The van der Waals surface area contributed by atoms with E-state index in [0.29, 0.717) is 21.4 Å². The average Bonchev–Trinajstić information content (AvgIpc) is 2.51. The largest absolute Gasteiger partial charge is 0.383 e. The Labute approximate surface area is 146 Å². The van der Waals surface area contributed by atoms with E-state index in [4.69, 9.17) is 28.9 Å². The second kappa shape index (κ2) is 6.78. The predicted molar refractivity (Wildman–Crippen MR) is 94.7 cm³/mol. The molecule has 0 amide bonds. The zero-order chi connectivity index (χ0) is 16.4. The summed E-state index contributed by atoms with van der Waals surface area (Å²) < 4.78 is 0. The van der Waals surface area contributed by atoms with Gasteiger partial charge in [-0.25, -0.2) is 4.98 Å². The predicted octanol–water partition coefficient (Wildman–Crippen LogP) is 5.17. The van der Waals surface area contributed by atoms with Crippen molar-refractivity contribution in [1.82, 2.24) is 4.98 Å². The van der Waals surface area contributed by atoms with Crippen LogP contribution in [0.4, 0.5) is 5.82 Å². The summed E-state index contributed by atoms with van der Waals surface area (Å²) in [6.07, 6.45) is 6.42. The molecule has 1 aromatic heterocycles. The number of hydrogen-bond donors (Lipinski definition) is 1. The first kappa shape index (κ1) is 16.1. The van der Waals surface area contributed by atoms with Crippen LogP contribution in [0, 0.1) is 11.3 Å². The van der Waals surface area contributed by atoms with E-state index < -0.39 is 0 Å². The molecule has 0 radical (unpaired) electrons. The monoisotopic (exact) mass is 345 g/mol. The molecule has 1 aromatic carbocycles. The lowest BCUT2D eigenvalue weighted by molar-refractivity contribution is 0.610. The standard InChI is InChI=1S/C18H17Cl2N3/c19-14-8-7-11(9-15(14)20)17-12-5-3-1-2-4-6-16(12)23-18(22)13(17)10-21/h7-9H,1-6H2,(H2,22,23). The van der Waals surface area contributed by atoms with Gasteiger partial charge in [0.15, 0.2) is 0 Å². The van der Waals surface area contributed by atoms with Crippen molar-refractivity contribution in [1.29, 1.82) is 5.26 Å². The van der Waals surface area contributed by atoms with Crippen LogP contribution >= 0.6 is 23.2 Å². The van der Waals surface area contributed by atoms with Crippen LogP contribution in [0.3, 0.4) is 0 Å². The van der Waals surface area contributed by atoms with Gasteiger partial charge in [-0.15, -0.1) is 0 Å². The van der Waals surface area contributed by atoms with E-state index in [9.17, 15) is 5.26 Å². The number of nitrogens with zero attached hydrogens (tertiary/aromatic N) is 2. The molecule has 0 saturated heterocycles. The van der Waals surface area contributed by atoms with Crippen LogP contribution in [0.5, 0.6) is 0 Å². The van der Waals surface area contributed by atoms with Gasteiger partial charge < -0.3 is 5.73 Å². The van der Waals surface area contributed by atoms with Crippen molar-refractivity contribution in [2.45, 2.75) is 38.5 Å². The summed E-state index contributed by atoms with van der Waals surface area (Å²) in [5, 5.41) is 10.6. The van der Waals surface area contributed by atoms with Gasteiger partial charge in [-0.3, -0.25) is 0 Å². The van der Waals surface area contributed by atoms with E-state index in [1.54, 1.807) is 12.1 Å². The highest BCUT2D eigenvalue weighted by Gasteiger charge is 2.21. The highest BCUT2D eigenvalue weighted by Crippen LogP contribution is 2.37. The van der Waals surface area contributed by atoms with Gasteiger partial charge >= 0.3 is 0 Å². The van der Waals surface area contributed by atoms with Crippen molar-refractivity contribution in [2.75, 3.05) is 5.73 Å². The molecular formula is C18H17Cl2N3. The van der Waals surface area contributed by atoms with Gasteiger partial charge in [-0.05, 0) is 48.9 Å². The second-order valence-corrected chi connectivity index (χ2v) is 6.64. The van der Waals surface area contributed by atoms with E-state index >= 15 is 0 Å². The van der Waals surface area contributed by atoms with Crippen LogP contribution in [-0.2, 0) is 12.8 Å². The maximum Gasteiger partial charge on any atom is 0.142 e. The normalized spacial score (nSPS) is 14.5.